The number of sulfonamides is 1. The van der Waals surface area contributed by atoms with Crippen molar-refractivity contribution < 1.29 is 21.6 Å². The molecule has 0 aliphatic heterocycles. The highest BCUT2D eigenvalue weighted by atomic mass is 32.2. The van der Waals surface area contributed by atoms with Crippen LogP contribution in [0, 0.1) is 4.91 Å². The van der Waals surface area contributed by atoms with Crippen LogP contribution in [0.5, 0.6) is 0 Å². The number of hydrogen-bond donors (Lipinski definition) is 0. The van der Waals surface area contributed by atoms with Crippen molar-refractivity contribution in [3.05, 3.63) is 34.7 Å². The van der Waals surface area contributed by atoms with Crippen molar-refractivity contribution in [3.8, 4) is 0 Å². The maximum atomic E-state index is 12.3. The molecule has 1 rings (SSSR count). The standard InChI is InChI=1S/C8H7F3N2O3S/c1-13(12-14)17(15,16)7-4-2-3-6(5-7)8(9,10)11/h2-5H,1H3. The topological polar surface area (TPSA) is 66.8 Å². The second-order valence-electron chi connectivity index (χ2n) is 3.05. The summed E-state index contributed by atoms with van der Waals surface area (Å²) in [5.41, 5.74) is -1.11. The summed E-state index contributed by atoms with van der Waals surface area (Å²) in [6, 6.07) is 3.06. The highest BCUT2D eigenvalue weighted by Gasteiger charge is 2.32. The van der Waals surface area contributed by atoms with E-state index < -0.39 is 26.7 Å². The summed E-state index contributed by atoms with van der Waals surface area (Å²) in [5.74, 6) is 0. The fourth-order valence-electron chi connectivity index (χ4n) is 1.03. The second-order valence-corrected chi connectivity index (χ2v) is 5.00. The Morgan fingerprint density at radius 3 is 2.35 bits per heavy atom. The van der Waals surface area contributed by atoms with Crippen molar-refractivity contribution in [2.24, 2.45) is 5.29 Å². The third kappa shape index (κ3) is 2.73. The highest BCUT2D eigenvalue weighted by Crippen LogP contribution is 2.30. The smallest absolute Gasteiger partial charge is 0.200 e. The van der Waals surface area contributed by atoms with Crippen LogP contribution >= 0.6 is 0 Å². The van der Waals surface area contributed by atoms with Crippen molar-refractivity contribution in [1.82, 2.24) is 4.41 Å². The van der Waals surface area contributed by atoms with Crippen LogP contribution in [0.25, 0.3) is 0 Å². The normalized spacial score (nSPS) is 12.2. The first kappa shape index (κ1) is 13.4. The van der Waals surface area contributed by atoms with E-state index in [0.29, 0.717) is 6.07 Å². The van der Waals surface area contributed by atoms with E-state index in [1.165, 1.54) is 0 Å². The fraction of sp³-hybridized carbons (Fsp3) is 0.250. The molecular formula is C8H7F3N2O3S. The maximum Gasteiger partial charge on any atom is 0.416 e. The lowest BCUT2D eigenvalue weighted by molar-refractivity contribution is -0.137. The van der Waals surface area contributed by atoms with Crippen LogP contribution in [-0.2, 0) is 16.2 Å². The summed E-state index contributed by atoms with van der Waals surface area (Å²) in [7, 11) is -3.48. The zero-order chi connectivity index (χ0) is 13.3. The molecule has 1 aromatic rings. The SMILES string of the molecule is CN(N=O)S(=O)(=O)c1cccc(C(F)(F)F)c1. The zero-order valence-electron chi connectivity index (χ0n) is 8.47. The van der Waals surface area contributed by atoms with Crippen LogP contribution < -0.4 is 0 Å². The first-order chi connectivity index (χ1) is 7.69. The van der Waals surface area contributed by atoms with Crippen molar-refractivity contribution in [2.45, 2.75) is 11.1 Å². The summed E-state index contributed by atoms with van der Waals surface area (Å²) in [4.78, 5) is 9.44. The Bertz CT molecular complexity index is 527. The third-order valence-electron chi connectivity index (χ3n) is 1.92. The lowest BCUT2D eigenvalue weighted by Crippen LogP contribution is -2.21. The van der Waals surface area contributed by atoms with Crippen molar-refractivity contribution in [1.29, 1.82) is 0 Å². The largest absolute Gasteiger partial charge is 0.416 e. The molecule has 17 heavy (non-hydrogen) atoms. The molecule has 0 bridgehead atoms. The average Bonchev–Trinajstić information content (AvgIpc) is 2.27. The minimum atomic E-state index is -4.65. The number of hydrogen-bond acceptors (Lipinski definition) is 4. The van der Waals surface area contributed by atoms with Gasteiger partial charge in [-0.15, -0.1) is 4.91 Å². The van der Waals surface area contributed by atoms with Crippen molar-refractivity contribution in [2.75, 3.05) is 7.05 Å². The molecule has 0 radical (unpaired) electrons. The molecule has 0 N–H and O–H groups in total. The van der Waals surface area contributed by atoms with Gasteiger partial charge in [0.15, 0.2) is 0 Å². The minimum Gasteiger partial charge on any atom is -0.200 e. The molecule has 0 saturated carbocycles. The van der Waals surface area contributed by atoms with E-state index in [4.69, 9.17) is 0 Å². The molecule has 0 amide bonds. The third-order valence-corrected chi connectivity index (χ3v) is 3.53. The Hall–Kier alpha value is -1.64. The van der Waals surface area contributed by atoms with E-state index in [1.54, 1.807) is 0 Å². The summed E-state index contributed by atoms with van der Waals surface area (Å²) in [6.45, 7) is 0. The van der Waals surface area contributed by atoms with Crippen molar-refractivity contribution in [3.63, 3.8) is 0 Å². The van der Waals surface area contributed by atoms with Crippen LogP contribution in [0.2, 0.25) is 0 Å². The molecule has 1 aromatic carbocycles. The van der Waals surface area contributed by atoms with E-state index >= 15 is 0 Å². The first-order valence-electron chi connectivity index (χ1n) is 4.19. The molecule has 5 nitrogen and oxygen atoms in total. The van der Waals surface area contributed by atoms with Gasteiger partial charge in [0.2, 0.25) is 0 Å². The van der Waals surface area contributed by atoms with Crippen molar-refractivity contribution >= 4 is 10.0 Å². The molecule has 0 aliphatic carbocycles. The van der Waals surface area contributed by atoms with Gasteiger partial charge in [-0.3, -0.25) is 0 Å². The van der Waals surface area contributed by atoms with E-state index in [1.807, 2.05) is 0 Å². The Kier molecular flexibility index (Phi) is 3.41. The molecule has 0 heterocycles. The van der Waals surface area contributed by atoms with Gasteiger partial charge in [0.05, 0.1) is 15.7 Å². The van der Waals surface area contributed by atoms with Gasteiger partial charge in [0, 0.05) is 7.05 Å². The molecule has 0 unspecified atom stereocenters. The number of rotatable bonds is 3. The molecule has 94 valence electrons. The average molecular weight is 268 g/mol. The monoisotopic (exact) mass is 268 g/mol. The van der Waals surface area contributed by atoms with Crippen LogP contribution in [0.3, 0.4) is 0 Å². The predicted molar refractivity (Wildman–Crippen MR) is 52.2 cm³/mol. The number of alkyl halides is 3. The lowest BCUT2D eigenvalue weighted by Gasteiger charge is -2.12. The number of nitroso groups, excluding NO2 is 1. The van der Waals surface area contributed by atoms with Gasteiger partial charge in [-0.2, -0.15) is 26.0 Å². The van der Waals surface area contributed by atoms with Gasteiger partial charge in [0.25, 0.3) is 10.0 Å². The number of nitrogens with zero attached hydrogens (tertiary/aromatic N) is 2. The quantitative estimate of drug-likeness (QED) is 0.622. The van der Waals surface area contributed by atoms with Crippen LogP contribution in [0.15, 0.2) is 34.4 Å². The number of benzene rings is 1. The molecular weight excluding hydrogens is 261 g/mol. The van der Waals surface area contributed by atoms with Gasteiger partial charge in [0.1, 0.15) is 0 Å². The van der Waals surface area contributed by atoms with Gasteiger partial charge in [-0.25, -0.2) is 0 Å². The summed E-state index contributed by atoms with van der Waals surface area (Å²) < 4.78 is 60.1. The zero-order valence-corrected chi connectivity index (χ0v) is 9.29. The molecule has 0 saturated heterocycles. The molecule has 0 aromatic heterocycles. The van der Waals surface area contributed by atoms with Gasteiger partial charge < -0.3 is 0 Å². The van der Waals surface area contributed by atoms with Crippen LogP contribution in [0.4, 0.5) is 13.2 Å². The maximum absolute atomic E-state index is 12.3. The van der Waals surface area contributed by atoms with Gasteiger partial charge in [-0.05, 0) is 18.2 Å². The summed E-state index contributed by atoms with van der Waals surface area (Å²) >= 11 is 0. The highest BCUT2D eigenvalue weighted by molar-refractivity contribution is 7.89. The Morgan fingerprint density at radius 1 is 1.29 bits per heavy atom. The van der Waals surface area contributed by atoms with E-state index in [-0.39, 0.29) is 4.41 Å². The molecule has 0 spiro atoms. The molecule has 0 fully saturated rings. The molecule has 0 aliphatic rings. The van der Waals surface area contributed by atoms with Gasteiger partial charge >= 0.3 is 6.18 Å². The second kappa shape index (κ2) is 4.32. The Morgan fingerprint density at radius 2 is 1.88 bits per heavy atom. The van der Waals surface area contributed by atoms with E-state index in [9.17, 15) is 26.5 Å². The predicted octanol–water partition coefficient (Wildman–Crippen LogP) is 2.01. The van der Waals surface area contributed by atoms with Gasteiger partial charge in [-0.1, -0.05) is 6.07 Å². The van der Waals surface area contributed by atoms with Crippen LogP contribution in [0.1, 0.15) is 5.56 Å². The van der Waals surface area contributed by atoms with E-state index in [0.717, 1.165) is 25.2 Å². The Labute approximate surface area is 94.8 Å². The first-order valence-corrected chi connectivity index (χ1v) is 5.63. The van der Waals surface area contributed by atoms with Crippen LogP contribution in [-0.4, -0.2) is 19.9 Å². The number of halogens is 3. The molecule has 0 atom stereocenters. The molecule has 9 heteroatoms. The summed E-state index contributed by atoms with van der Waals surface area (Å²) in [6.07, 6.45) is -4.65. The fourth-order valence-corrected chi connectivity index (χ4v) is 1.95. The Balaban J connectivity index is 3.31. The summed E-state index contributed by atoms with van der Waals surface area (Å²) in [5, 5.41) is 2.14. The van der Waals surface area contributed by atoms with E-state index in [2.05, 4.69) is 5.29 Å². The lowest BCUT2D eigenvalue weighted by atomic mass is 10.2. The minimum absolute atomic E-state index is 0.0580.